The molecule has 1 unspecified atom stereocenters. The molecule has 1 rings (SSSR count). The van der Waals surface area contributed by atoms with E-state index in [1.54, 1.807) is 35.0 Å². The topological polar surface area (TPSA) is 0 Å². The average Bonchev–Trinajstić information content (AvgIpc) is 1.85. The predicted molar refractivity (Wildman–Crippen MR) is 37.3 cm³/mol. The molecule has 0 saturated carbocycles. The van der Waals surface area contributed by atoms with Crippen molar-refractivity contribution in [1.82, 2.24) is 0 Å². The van der Waals surface area contributed by atoms with E-state index in [0.717, 1.165) is 8.19 Å². The first-order valence-electron chi connectivity index (χ1n) is 2.62. The van der Waals surface area contributed by atoms with E-state index in [2.05, 4.69) is 19.9 Å². The molecular weight excluding hydrogens is 148 g/mol. The summed E-state index contributed by atoms with van der Waals surface area (Å²) < 4.78 is 1.54. The van der Waals surface area contributed by atoms with Crippen LogP contribution in [0.4, 0.5) is 0 Å². The van der Waals surface area contributed by atoms with Gasteiger partial charge in [0.15, 0.2) is 0 Å². The van der Waals surface area contributed by atoms with Gasteiger partial charge < -0.3 is 2.85 Å². The van der Waals surface area contributed by atoms with Crippen molar-refractivity contribution in [2.75, 3.05) is 0 Å². The van der Waals surface area contributed by atoms with Crippen LogP contribution >= 0.6 is 8.19 Å². The van der Waals surface area contributed by atoms with Gasteiger partial charge in [-0.05, 0) is 0 Å². The molecule has 0 saturated heterocycles. The maximum absolute atomic E-state index is 2.30. The maximum Gasteiger partial charge on any atom is -1.00 e. The molecule has 0 bridgehead atoms. The molecule has 1 heterocycles. The van der Waals surface area contributed by atoms with Gasteiger partial charge in [0.1, 0.15) is 0 Å². The maximum atomic E-state index is 2.30. The summed E-state index contributed by atoms with van der Waals surface area (Å²) in [5.74, 6) is 0. The zero-order chi connectivity index (χ0) is 6.15. The van der Waals surface area contributed by atoms with E-state index >= 15 is 0 Å². The fourth-order valence-electron chi connectivity index (χ4n) is 0.746. The molecule has 1 aromatic heterocycles. The van der Waals surface area contributed by atoms with Crippen LogP contribution in [-0.4, -0.2) is 0 Å². The fourth-order valence-corrected chi connectivity index (χ4v) is 2.77. The Bertz CT molecular complexity index is 178. The van der Waals surface area contributed by atoms with Crippen molar-refractivity contribution >= 4 is 11.5 Å². The number of aryl methyl sites for hydroxylation is 2. The molecule has 0 aromatic carbocycles. The van der Waals surface area contributed by atoms with E-state index in [1.807, 2.05) is 0 Å². The summed E-state index contributed by atoms with van der Waals surface area (Å²) in [5.41, 5.74) is 0. The van der Waals surface area contributed by atoms with E-state index in [9.17, 15) is 0 Å². The molecule has 2 heteroatoms. The van der Waals surface area contributed by atoms with Crippen LogP contribution in [0.1, 0.15) is 13.4 Å². The van der Waals surface area contributed by atoms with Gasteiger partial charge in [-0.3, -0.25) is 0 Å². The molecule has 0 fully saturated rings. The van der Waals surface area contributed by atoms with Gasteiger partial charge in [0.25, 0.3) is 0 Å². The third kappa shape index (κ3) is 1.33. The first-order chi connectivity index (χ1) is 3.70. The molecule has 0 nitrogen and oxygen atoms in total. The van der Waals surface area contributed by atoms with Crippen LogP contribution in [0, 0.1) is 13.8 Å². The Morgan fingerprint density at radius 1 is 1.62 bits per heavy atom. The monoisotopic (exact) mass is 158 g/mol. The van der Waals surface area contributed by atoms with Crippen molar-refractivity contribution in [3.63, 3.8) is 0 Å². The molecule has 0 radical (unpaired) electrons. The molecule has 0 aliphatic heterocycles. The van der Waals surface area contributed by atoms with Gasteiger partial charge in [-0.15, -0.1) is 0 Å². The Kier molecular flexibility index (Phi) is 2.11. The molecule has 0 amide bonds. The third-order valence-corrected chi connectivity index (χ3v) is 3.78. The first kappa shape index (κ1) is 6.77. The summed E-state index contributed by atoms with van der Waals surface area (Å²) in [4.78, 5) is 0. The van der Waals surface area contributed by atoms with Crippen molar-refractivity contribution in [2.45, 2.75) is 13.8 Å². The fraction of sp³-hybridized carbons (Fsp3) is 0.333. The van der Waals surface area contributed by atoms with Gasteiger partial charge in [0.05, 0.1) is 0 Å². The van der Waals surface area contributed by atoms with Crippen LogP contribution in [-0.2, 0) is 24.4 Å². The van der Waals surface area contributed by atoms with Crippen molar-refractivity contribution in [3.8, 4) is 0 Å². The second-order valence-corrected chi connectivity index (χ2v) is 4.79. The smallest absolute Gasteiger partial charge is 1.00 e. The minimum absolute atomic E-state index is 0. The summed E-state index contributed by atoms with van der Waals surface area (Å²) in [6.45, 7) is 4.43. The van der Waals surface area contributed by atoms with Crippen LogP contribution in [0.2, 0.25) is 0 Å². The Morgan fingerprint density at radius 3 is 2.38 bits per heavy atom. The van der Waals surface area contributed by atoms with Gasteiger partial charge in [0, 0.05) is 0 Å². The SMILES string of the molecule is Cc1c[c]([Sc+2])c(C)[pH]1.[H-].[H-]. The van der Waals surface area contributed by atoms with Crippen molar-refractivity contribution < 1.29 is 27.2 Å². The Morgan fingerprint density at radius 2 is 2.25 bits per heavy atom. The molecule has 0 aliphatic rings. The number of hydrogen-bond acceptors (Lipinski definition) is 0. The first-order valence-corrected chi connectivity index (χ1v) is 4.52. The second kappa shape index (κ2) is 2.49. The van der Waals surface area contributed by atoms with E-state index in [-0.39, 0.29) is 2.85 Å². The minimum atomic E-state index is 0. The molecule has 8 heavy (non-hydrogen) atoms. The van der Waals surface area contributed by atoms with E-state index in [0.29, 0.717) is 0 Å². The van der Waals surface area contributed by atoms with Crippen molar-refractivity contribution in [3.05, 3.63) is 16.7 Å². The van der Waals surface area contributed by atoms with Gasteiger partial charge in [-0.2, -0.15) is 0 Å². The molecule has 0 aliphatic carbocycles. The Hall–Kier alpha value is 0.650. The van der Waals surface area contributed by atoms with Gasteiger partial charge in [-0.25, -0.2) is 0 Å². The van der Waals surface area contributed by atoms with Crippen LogP contribution in [0.5, 0.6) is 0 Å². The standard InChI is InChI=1S/C6H8P.Sc.2H/c1-5-3-4-6(2)7-5;;;/h3,7H,1-2H3;;;/q;+2;2*-1. The summed E-state index contributed by atoms with van der Waals surface area (Å²) >= 11 is 1.75. The Balaban J connectivity index is 0. The van der Waals surface area contributed by atoms with Crippen LogP contribution in [0.15, 0.2) is 6.07 Å². The largest absolute Gasteiger partial charge is 1.00 e. The summed E-state index contributed by atoms with van der Waals surface area (Å²) in [6.07, 6.45) is 0. The van der Waals surface area contributed by atoms with Crippen LogP contribution in [0.25, 0.3) is 0 Å². The zero-order valence-electron chi connectivity index (χ0n) is 7.15. The molecule has 42 valence electrons. The molecule has 1 atom stereocenters. The zero-order valence-corrected chi connectivity index (χ0v) is 7.96. The quantitative estimate of drug-likeness (QED) is 0.539. The number of rotatable bonds is 0. The summed E-state index contributed by atoms with van der Waals surface area (Å²) in [6, 6.07) is 2.30. The number of hydrogen-bond donors (Lipinski definition) is 0. The summed E-state index contributed by atoms with van der Waals surface area (Å²) in [7, 11) is 0.993. The Labute approximate surface area is 69.3 Å². The molecule has 0 N–H and O–H groups in total. The van der Waals surface area contributed by atoms with Crippen molar-refractivity contribution in [2.24, 2.45) is 0 Å². The van der Waals surface area contributed by atoms with Gasteiger partial charge in [-0.1, -0.05) is 0 Å². The normalized spacial score (nSPS) is 11.0. The molecular formula is C6H10PSc. The van der Waals surface area contributed by atoms with E-state index in [1.165, 1.54) is 3.32 Å². The molecule has 0 spiro atoms. The van der Waals surface area contributed by atoms with E-state index in [4.69, 9.17) is 0 Å². The predicted octanol–water partition coefficient (Wildman–Crippen LogP) is 1.73. The average molecular weight is 158 g/mol. The van der Waals surface area contributed by atoms with Crippen LogP contribution in [0.3, 0.4) is 0 Å². The van der Waals surface area contributed by atoms with Gasteiger partial charge in [0.2, 0.25) is 0 Å². The van der Waals surface area contributed by atoms with Gasteiger partial charge >= 0.3 is 66.4 Å². The second-order valence-electron chi connectivity index (χ2n) is 2.03. The minimum Gasteiger partial charge on any atom is -1.00 e. The third-order valence-electron chi connectivity index (χ3n) is 1.19. The molecule has 1 aromatic rings. The van der Waals surface area contributed by atoms with Crippen molar-refractivity contribution in [1.29, 1.82) is 0 Å². The van der Waals surface area contributed by atoms with Crippen LogP contribution < -0.4 is 3.32 Å². The van der Waals surface area contributed by atoms with E-state index < -0.39 is 0 Å². The summed E-state index contributed by atoms with van der Waals surface area (Å²) in [5, 5.41) is 3.13.